The summed E-state index contributed by atoms with van der Waals surface area (Å²) in [5, 5.41) is 10.3. The predicted molar refractivity (Wildman–Crippen MR) is 48.6 cm³/mol. The van der Waals surface area contributed by atoms with Gasteiger partial charge in [0, 0.05) is 0 Å². The monoisotopic (exact) mass is 225 g/mol. The zero-order valence-electron chi connectivity index (χ0n) is 7.21. The highest BCUT2D eigenvalue weighted by Crippen LogP contribution is 2.66. The fourth-order valence-electron chi connectivity index (χ4n) is 1.87. The first-order chi connectivity index (χ1) is 7.18. The molecule has 0 fully saturated rings. The van der Waals surface area contributed by atoms with Gasteiger partial charge in [0.05, 0.1) is 10.9 Å². The molecule has 4 rings (SSSR count). The molecule has 1 aromatic heterocycles. The number of rotatable bonds is 0. The molecule has 76 valence electrons. The SMILES string of the molecule is O=P12Oc3cccc4c3c(c(n4O)O1)O2. The maximum atomic E-state index is 11.7. The van der Waals surface area contributed by atoms with Gasteiger partial charge >= 0.3 is 7.82 Å². The van der Waals surface area contributed by atoms with Crippen LogP contribution in [0.15, 0.2) is 18.2 Å². The maximum Gasteiger partial charge on any atom is 0.648 e. The summed E-state index contributed by atoms with van der Waals surface area (Å²) in [5.41, 5.74) is 0.503. The van der Waals surface area contributed by atoms with Crippen molar-refractivity contribution in [2.24, 2.45) is 0 Å². The molecular weight excluding hydrogens is 221 g/mol. The molecule has 0 aliphatic carbocycles. The van der Waals surface area contributed by atoms with Gasteiger partial charge in [-0.15, -0.1) is 4.73 Å². The second-order valence-corrected chi connectivity index (χ2v) is 4.76. The van der Waals surface area contributed by atoms with Crippen LogP contribution in [-0.2, 0) is 4.57 Å². The molecule has 2 bridgehead atoms. The molecule has 0 saturated carbocycles. The van der Waals surface area contributed by atoms with Crippen LogP contribution < -0.4 is 13.6 Å². The van der Waals surface area contributed by atoms with Crippen molar-refractivity contribution in [2.75, 3.05) is 0 Å². The smallest absolute Gasteiger partial charge is 0.425 e. The van der Waals surface area contributed by atoms with Gasteiger partial charge in [0.25, 0.3) is 5.88 Å². The van der Waals surface area contributed by atoms with E-state index in [-0.39, 0.29) is 11.6 Å². The summed E-state index contributed by atoms with van der Waals surface area (Å²) in [4.78, 5) is 0. The number of fused-ring (bicyclic) bond motifs is 1. The molecule has 6 nitrogen and oxygen atoms in total. The number of hydrogen-bond acceptors (Lipinski definition) is 5. The summed E-state index contributed by atoms with van der Waals surface area (Å²) >= 11 is 0. The van der Waals surface area contributed by atoms with Crippen LogP contribution in [0.1, 0.15) is 0 Å². The minimum Gasteiger partial charge on any atom is -0.425 e. The van der Waals surface area contributed by atoms with Crippen molar-refractivity contribution in [3.8, 4) is 17.4 Å². The highest BCUT2D eigenvalue weighted by Gasteiger charge is 2.50. The van der Waals surface area contributed by atoms with Gasteiger partial charge in [-0.2, -0.15) is 4.57 Å². The minimum atomic E-state index is -3.58. The van der Waals surface area contributed by atoms with E-state index in [9.17, 15) is 9.77 Å². The van der Waals surface area contributed by atoms with Crippen molar-refractivity contribution < 1.29 is 23.3 Å². The van der Waals surface area contributed by atoms with Gasteiger partial charge in [0.1, 0.15) is 5.75 Å². The Morgan fingerprint density at radius 2 is 2.13 bits per heavy atom. The van der Waals surface area contributed by atoms with E-state index in [0.29, 0.717) is 16.7 Å². The van der Waals surface area contributed by atoms with Crippen LogP contribution in [0.4, 0.5) is 0 Å². The van der Waals surface area contributed by atoms with Crippen LogP contribution in [0.3, 0.4) is 0 Å². The molecule has 1 unspecified atom stereocenters. The highest BCUT2D eigenvalue weighted by atomic mass is 31.2. The predicted octanol–water partition coefficient (Wildman–Crippen LogP) is 2.15. The molecule has 1 aromatic carbocycles. The van der Waals surface area contributed by atoms with Crippen LogP contribution in [0, 0.1) is 0 Å². The first-order valence-corrected chi connectivity index (χ1v) is 5.69. The van der Waals surface area contributed by atoms with E-state index in [1.54, 1.807) is 18.2 Å². The Labute approximate surface area is 83.2 Å². The van der Waals surface area contributed by atoms with E-state index >= 15 is 0 Å². The molecular formula is C8H4NO5P. The Balaban J connectivity index is 2.31. The minimum absolute atomic E-state index is 0.0401. The van der Waals surface area contributed by atoms with Crippen molar-refractivity contribution in [1.82, 2.24) is 4.73 Å². The lowest BCUT2D eigenvalue weighted by atomic mass is 10.2. The molecule has 0 radical (unpaired) electrons. The average Bonchev–Trinajstić information content (AvgIpc) is 2.61. The van der Waals surface area contributed by atoms with Crippen molar-refractivity contribution >= 4 is 18.7 Å². The van der Waals surface area contributed by atoms with Gasteiger partial charge in [0.15, 0.2) is 0 Å². The summed E-state index contributed by atoms with van der Waals surface area (Å²) in [5.74, 6) is 0.736. The largest absolute Gasteiger partial charge is 0.648 e. The number of phosphoric ester groups is 1. The van der Waals surface area contributed by atoms with Gasteiger partial charge in [-0.1, -0.05) is 6.07 Å². The standard InChI is InChI=1S/C8H4NO5P/c10-9-4-2-1-3-5-6(4)7-8(9)14-15(11,12-5)13-7/h1-3,10H. The lowest BCUT2D eigenvalue weighted by Gasteiger charge is -2.16. The fourth-order valence-corrected chi connectivity index (χ4v) is 3.14. The summed E-state index contributed by atoms with van der Waals surface area (Å²) in [6.45, 7) is 0. The fraction of sp³-hybridized carbons (Fsp3) is 0. The topological polar surface area (TPSA) is 69.9 Å². The van der Waals surface area contributed by atoms with Gasteiger partial charge < -0.3 is 18.8 Å². The van der Waals surface area contributed by atoms with Crippen LogP contribution in [-0.4, -0.2) is 9.94 Å². The maximum absolute atomic E-state index is 11.7. The summed E-state index contributed by atoms with van der Waals surface area (Å²) in [6.07, 6.45) is 0. The normalized spacial score (nSPS) is 25.1. The Bertz CT molecular complexity index is 661. The number of hydrogen-bond donors (Lipinski definition) is 1. The van der Waals surface area contributed by atoms with Crippen LogP contribution >= 0.6 is 7.82 Å². The van der Waals surface area contributed by atoms with Crippen LogP contribution in [0.5, 0.6) is 17.4 Å². The molecule has 0 amide bonds. The molecule has 0 saturated heterocycles. The summed E-state index contributed by atoms with van der Waals surface area (Å²) < 4.78 is 27.7. The first kappa shape index (κ1) is 7.48. The van der Waals surface area contributed by atoms with E-state index in [1.807, 2.05) is 0 Å². The third kappa shape index (κ3) is 0.679. The van der Waals surface area contributed by atoms with Gasteiger partial charge in [0.2, 0.25) is 5.75 Å². The Morgan fingerprint density at radius 1 is 1.27 bits per heavy atom. The van der Waals surface area contributed by atoms with E-state index in [0.717, 1.165) is 4.73 Å². The van der Waals surface area contributed by atoms with E-state index in [4.69, 9.17) is 13.6 Å². The van der Waals surface area contributed by atoms with Gasteiger partial charge in [-0.05, 0) is 12.1 Å². The lowest BCUT2D eigenvalue weighted by Crippen LogP contribution is -2.06. The third-order valence-electron chi connectivity index (χ3n) is 2.46. The molecule has 15 heavy (non-hydrogen) atoms. The summed E-state index contributed by atoms with van der Waals surface area (Å²) in [6, 6.07) is 5.03. The van der Waals surface area contributed by atoms with Gasteiger partial charge in [-0.25, -0.2) is 0 Å². The van der Waals surface area contributed by atoms with Crippen molar-refractivity contribution in [3.63, 3.8) is 0 Å². The highest BCUT2D eigenvalue weighted by molar-refractivity contribution is 7.50. The molecule has 0 spiro atoms. The summed E-state index contributed by atoms with van der Waals surface area (Å²) in [7, 11) is -3.58. The van der Waals surface area contributed by atoms with Crippen molar-refractivity contribution in [3.05, 3.63) is 18.2 Å². The molecule has 2 aromatic rings. The quantitative estimate of drug-likeness (QED) is 0.549. The van der Waals surface area contributed by atoms with Crippen LogP contribution in [0.2, 0.25) is 0 Å². The number of aromatic nitrogens is 1. The zero-order chi connectivity index (χ0) is 10.2. The second kappa shape index (κ2) is 1.92. The van der Waals surface area contributed by atoms with Crippen molar-refractivity contribution in [2.45, 2.75) is 0 Å². The van der Waals surface area contributed by atoms with Gasteiger partial charge in [-0.3, -0.25) is 0 Å². The molecule has 2 aliphatic rings. The Kier molecular flexibility index (Phi) is 0.958. The zero-order valence-corrected chi connectivity index (χ0v) is 8.10. The first-order valence-electron chi connectivity index (χ1n) is 4.23. The third-order valence-corrected chi connectivity index (χ3v) is 3.68. The average molecular weight is 225 g/mol. The second-order valence-electron chi connectivity index (χ2n) is 3.32. The number of benzene rings is 1. The van der Waals surface area contributed by atoms with Crippen molar-refractivity contribution in [1.29, 1.82) is 0 Å². The number of phosphoric acid groups is 1. The van der Waals surface area contributed by atoms with E-state index < -0.39 is 7.82 Å². The molecule has 3 heterocycles. The Morgan fingerprint density at radius 3 is 3.00 bits per heavy atom. The molecule has 7 heteroatoms. The number of nitrogens with zero attached hydrogens (tertiary/aromatic N) is 1. The molecule has 2 aliphatic heterocycles. The molecule has 1 atom stereocenters. The van der Waals surface area contributed by atoms with E-state index in [1.165, 1.54) is 0 Å². The lowest BCUT2D eigenvalue weighted by molar-refractivity contribution is 0.177. The van der Waals surface area contributed by atoms with E-state index in [2.05, 4.69) is 0 Å². The van der Waals surface area contributed by atoms with Crippen LogP contribution in [0.25, 0.3) is 10.9 Å². The Hall–Kier alpha value is -1.81. The molecule has 1 N–H and O–H groups in total.